The SMILES string of the molecule is CCOc1ccc(/C=C2\SC(=O)N(CC(=O)N3CCCCCC3)C2=O)c(OCC)c1. The molecule has 1 aromatic carbocycles. The second-order valence-electron chi connectivity index (χ2n) is 7.13. The summed E-state index contributed by atoms with van der Waals surface area (Å²) in [7, 11) is 0. The number of amides is 3. The van der Waals surface area contributed by atoms with E-state index in [1.54, 1.807) is 29.2 Å². The number of carbonyl (C=O) groups is 3. The Bertz CT molecular complexity index is 831. The van der Waals surface area contributed by atoms with Crippen molar-refractivity contribution < 1.29 is 23.9 Å². The number of nitrogens with zero attached hydrogens (tertiary/aromatic N) is 2. The van der Waals surface area contributed by atoms with Gasteiger partial charge in [-0.3, -0.25) is 19.3 Å². The molecule has 2 aliphatic rings. The van der Waals surface area contributed by atoms with Gasteiger partial charge in [0.05, 0.1) is 18.1 Å². The molecule has 2 fully saturated rings. The lowest BCUT2D eigenvalue weighted by Gasteiger charge is -2.22. The van der Waals surface area contributed by atoms with Gasteiger partial charge in [-0.2, -0.15) is 0 Å². The summed E-state index contributed by atoms with van der Waals surface area (Å²) in [6, 6.07) is 5.36. The van der Waals surface area contributed by atoms with Gasteiger partial charge in [-0.1, -0.05) is 12.8 Å². The molecule has 0 radical (unpaired) electrons. The minimum Gasteiger partial charge on any atom is -0.494 e. The molecule has 0 aliphatic carbocycles. The summed E-state index contributed by atoms with van der Waals surface area (Å²) >= 11 is 0.852. The molecule has 0 spiro atoms. The zero-order valence-corrected chi connectivity index (χ0v) is 18.3. The molecule has 1 aromatic rings. The molecule has 2 aliphatic heterocycles. The Morgan fingerprint density at radius 3 is 2.43 bits per heavy atom. The maximum atomic E-state index is 12.8. The van der Waals surface area contributed by atoms with E-state index in [2.05, 4.69) is 0 Å². The van der Waals surface area contributed by atoms with E-state index in [4.69, 9.17) is 9.47 Å². The van der Waals surface area contributed by atoms with Crippen molar-refractivity contribution in [1.29, 1.82) is 0 Å². The molecule has 30 heavy (non-hydrogen) atoms. The average molecular weight is 433 g/mol. The van der Waals surface area contributed by atoms with E-state index in [0.29, 0.717) is 43.4 Å². The van der Waals surface area contributed by atoms with Crippen LogP contribution in [-0.2, 0) is 9.59 Å². The zero-order valence-electron chi connectivity index (χ0n) is 17.5. The van der Waals surface area contributed by atoms with E-state index >= 15 is 0 Å². The van der Waals surface area contributed by atoms with Crippen molar-refractivity contribution in [2.24, 2.45) is 0 Å². The number of ether oxygens (including phenoxy) is 2. The van der Waals surface area contributed by atoms with E-state index in [9.17, 15) is 14.4 Å². The first-order valence-corrected chi connectivity index (χ1v) is 11.3. The molecule has 0 aromatic heterocycles. The van der Waals surface area contributed by atoms with Crippen LogP contribution in [0.4, 0.5) is 4.79 Å². The lowest BCUT2D eigenvalue weighted by molar-refractivity contribution is -0.135. The number of rotatable bonds is 7. The second-order valence-corrected chi connectivity index (χ2v) is 8.12. The van der Waals surface area contributed by atoms with Gasteiger partial charge in [0, 0.05) is 24.7 Å². The number of thioether (sulfide) groups is 1. The van der Waals surface area contributed by atoms with Crippen molar-refractivity contribution in [3.05, 3.63) is 28.7 Å². The van der Waals surface area contributed by atoms with Gasteiger partial charge < -0.3 is 14.4 Å². The van der Waals surface area contributed by atoms with Crippen molar-refractivity contribution in [3.63, 3.8) is 0 Å². The summed E-state index contributed by atoms with van der Waals surface area (Å²) < 4.78 is 11.2. The Hall–Kier alpha value is -2.48. The molecule has 0 atom stereocenters. The van der Waals surface area contributed by atoms with Gasteiger partial charge in [0.15, 0.2) is 0 Å². The van der Waals surface area contributed by atoms with E-state index in [1.807, 2.05) is 13.8 Å². The maximum absolute atomic E-state index is 12.8. The first-order valence-electron chi connectivity index (χ1n) is 10.5. The molecule has 0 unspecified atom stereocenters. The second kappa shape index (κ2) is 10.5. The fraction of sp³-hybridized carbons (Fsp3) is 0.500. The number of likely N-dealkylation sites (tertiary alicyclic amines) is 1. The van der Waals surface area contributed by atoms with E-state index < -0.39 is 11.1 Å². The highest BCUT2D eigenvalue weighted by atomic mass is 32.2. The summed E-state index contributed by atoms with van der Waals surface area (Å²) in [5, 5.41) is -0.418. The third kappa shape index (κ3) is 5.36. The summed E-state index contributed by atoms with van der Waals surface area (Å²) in [5.74, 6) is 0.645. The molecule has 2 heterocycles. The number of imide groups is 1. The minimum atomic E-state index is -0.440. The predicted octanol–water partition coefficient (Wildman–Crippen LogP) is 3.92. The van der Waals surface area contributed by atoms with Crippen LogP contribution >= 0.6 is 11.8 Å². The van der Waals surface area contributed by atoms with Crippen molar-refractivity contribution >= 4 is 34.9 Å². The summed E-state index contributed by atoms with van der Waals surface area (Å²) in [5.41, 5.74) is 0.685. The van der Waals surface area contributed by atoms with Crippen LogP contribution in [0.1, 0.15) is 45.1 Å². The Kier molecular flexibility index (Phi) is 7.79. The normalized spacial score (nSPS) is 18.7. The Balaban J connectivity index is 1.75. The molecule has 0 N–H and O–H groups in total. The molecular formula is C22H28N2O5S. The van der Waals surface area contributed by atoms with Crippen molar-refractivity contribution in [2.45, 2.75) is 39.5 Å². The van der Waals surface area contributed by atoms with Crippen molar-refractivity contribution in [2.75, 3.05) is 32.8 Å². The number of hydrogen-bond acceptors (Lipinski definition) is 6. The standard InChI is InChI=1S/C22H28N2O5S/c1-3-28-17-10-9-16(18(14-17)29-4-2)13-19-21(26)24(22(27)30-19)15-20(25)23-11-7-5-6-8-12-23/h9-10,13-14H,3-8,11-12,15H2,1-2H3/b19-13-. The fourth-order valence-electron chi connectivity index (χ4n) is 3.50. The van der Waals surface area contributed by atoms with Gasteiger partial charge in [0.2, 0.25) is 5.91 Å². The monoisotopic (exact) mass is 432 g/mol. The Morgan fingerprint density at radius 1 is 1.07 bits per heavy atom. The van der Waals surface area contributed by atoms with Crippen LogP contribution in [0.15, 0.2) is 23.1 Å². The van der Waals surface area contributed by atoms with E-state index in [0.717, 1.165) is 42.3 Å². The van der Waals surface area contributed by atoms with Gasteiger partial charge in [-0.25, -0.2) is 0 Å². The van der Waals surface area contributed by atoms with Crippen LogP contribution in [-0.4, -0.2) is 59.7 Å². The lowest BCUT2D eigenvalue weighted by atomic mass is 10.1. The zero-order chi connectivity index (χ0) is 21.5. The molecule has 0 saturated carbocycles. The van der Waals surface area contributed by atoms with Gasteiger partial charge in [0.25, 0.3) is 11.1 Å². The Labute approximate surface area is 181 Å². The smallest absolute Gasteiger partial charge is 0.294 e. The maximum Gasteiger partial charge on any atom is 0.294 e. The molecule has 3 amide bonds. The van der Waals surface area contributed by atoms with Crippen LogP contribution in [0.2, 0.25) is 0 Å². The first kappa shape index (κ1) is 22.2. The van der Waals surface area contributed by atoms with Crippen LogP contribution in [0.3, 0.4) is 0 Å². The molecule has 162 valence electrons. The topological polar surface area (TPSA) is 76.2 Å². The van der Waals surface area contributed by atoms with Crippen LogP contribution in [0, 0.1) is 0 Å². The summed E-state index contributed by atoms with van der Waals surface area (Å²) in [4.78, 5) is 41.0. The third-order valence-electron chi connectivity index (χ3n) is 5.01. The molecule has 8 heteroatoms. The van der Waals surface area contributed by atoms with Crippen LogP contribution < -0.4 is 9.47 Å². The quantitative estimate of drug-likeness (QED) is 0.608. The van der Waals surface area contributed by atoms with Gasteiger partial charge in [-0.05, 0) is 56.7 Å². The van der Waals surface area contributed by atoms with Crippen LogP contribution in [0.25, 0.3) is 6.08 Å². The third-order valence-corrected chi connectivity index (χ3v) is 5.92. The number of carbonyl (C=O) groups excluding carboxylic acids is 3. The lowest BCUT2D eigenvalue weighted by Crippen LogP contribution is -2.42. The average Bonchev–Trinajstić information content (AvgIpc) is 2.93. The van der Waals surface area contributed by atoms with E-state index in [1.165, 1.54) is 0 Å². The van der Waals surface area contributed by atoms with Gasteiger partial charge in [0.1, 0.15) is 18.0 Å². The van der Waals surface area contributed by atoms with Crippen molar-refractivity contribution in [1.82, 2.24) is 9.80 Å². The highest BCUT2D eigenvalue weighted by Crippen LogP contribution is 2.35. The summed E-state index contributed by atoms with van der Waals surface area (Å²) in [6.07, 6.45) is 5.79. The Morgan fingerprint density at radius 2 is 1.77 bits per heavy atom. The largest absolute Gasteiger partial charge is 0.494 e. The first-order chi connectivity index (χ1) is 14.5. The highest BCUT2D eigenvalue weighted by Gasteiger charge is 2.37. The molecule has 3 rings (SSSR count). The predicted molar refractivity (Wildman–Crippen MR) is 117 cm³/mol. The van der Waals surface area contributed by atoms with Gasteiger partial charge in [-0.15, -0.1) is 0 Å². The molecule has 0 bridgehead atoms. The molecule has 7 nitrogen and oxygen atoms in total. The van der Waals surface area contributed by atoms with E-state index in [-0.39, 0.29) is 17.4 Å². The van der Waals surface area contributed by atoms with Crippen molar-refractivity contribution in [3.8, 4) is 11.5 Å². The van der Waals surface area contributed by atoms with Gasteiger partial charge >= 0.3 is 0 Å². The summed E-state index contributed by atoms with van der Waals surface area (Å²) in [6.45, 7) is 5.95. The fourth-order valence-corrected chi connectivity index (χ4v) is 4.33. The minimum absolute atomic E-state index is 0.170. The van der Waals surface area contributed by atoms with Crippen LogP contribution in [0.5, 0.6) is 11.5 Å². The number of benzene rings is 1. The number of hydrogen-bond donors (Lipinski definition) is 0. The molecule has 2 saturated heterocycles. The highest BCUT2D eigenvalue weighted by molar-refractivity contribution is 8.18. The molecular weight excluding hydrogens is 404 g/mol.